The van der Waals surface area contributed by atoms with Crippen LogP contribution in [0.25, 0.3) is 10.9 Å². The zero-order valence-corrected chi connectivity index (χ0v) is 15.4. The molecular formula is C19H21N3O3S. The molecule has 1 saturated heterocycles. The van der Waals surface area contributed by atoms with Crippen LogP contribution in [0.3, 0.4) is 0 Å². The van der Waals surface area contributed by atoms with Crippen molar-refractivity contribution < 1.29 is 13.2 Å². The highest BCUT2D eigenvalue weighted by Crippen LogP contribution is 2.38. The molecule has 1 aromatic heterocycles. The zero-order valence-electron chi connectivity index (χ0n) is 14.6. The lowest BCUT2D eigenvalue weighted by Crippen LogP contribution is -2.43. The second-order valence-corrected chi connectivity index (χ2v) is 8.03. The van der Waals surface area contributed by atoms with Gasteiger partial charge in [0, 0.05) is 37.8 Å². The van der Waals surface area contributed by atoms with Gasteiger partial charge in [0.05, 0.1) is 23.2 Å². The Morgan fingerprint density at radius 3 is 2.42 bits per heavy atom. The summed E-state index contributed by atoms with van der Waals surface area (Å²) < 4.78 is 33.0. The summed E-state index contributed by atoms with van der Waals surface area (Å²) in [5, 5.41) is 4.22. The third kappa shape index (κ3) is 2.73. The normalized spacial score (nSPS) is 15.3. The Labute approximate surface area is 153 Å². The first-order valence-corrected chi connectivity index (χ1v) is 10.0. The van der Waals surface area contributed by atoms with E-state index in [-0.39, 0.29) is 4.90 Å². The molecule has 0 amide bonds. The van der Waals surface area contributed by atoms with Gasteiger partial charge in [-0.25, -0.2) is 12.4 Å². The maximum absolute atomic E-state index is 13.1. The number of aromatic nitrogens is 1. The third-order valence-electron chi connectivity index (χ3n) is 4.72. The number of nitrogens with zero attached hydrogens (tertiary/aromatic N) is 2. The third-order valence-corrected chi connectivity index (χ3v) is 6.43. The van der Waals surface area contributed by atoms with Crippen molar-refractivity contribution in [1.29, 1.82) is 0 Å². The second kappa shape index (κ2) is 6.66. The summed E-state index contributed by atoms with van der Waals surface area (Å²) in [5.74, 6) is 0.759. The standard InChI is InChI=1S/C19H21N3O3S/c1-25-18-8-7-17-16(19(18)21-13-10-20-11-14-21)9-12-22(17)26(23,24)15-5-3-2-4-6-15/h2-9,12,20H,10-11,13-14H2,1H3. The number of nitrogens with one attached hydrogen (secondary N) is 1. The van der Waals surface area contributed by atoms with Crippen LogP contribution in [0.5, 0.6) is 5.75 Å². The number of hydrogen-bond donors (Lipinski definition) is 1. The van der Waals surface area contributed by atoms with Gasteiger partial charge in [-0.3, -0.25) is 0 Å². The second-order valence-electron chi connectivity index (χ2n) is 6.22. The van der Waals surface area contributed by atoms with Crippen molar-refractivity contribution in [3.63, 3.8) is 0 Å². The minimum atomic E-state index is -3.64. The molecule has 0 bridgehead atoms. The van der Waals surface area contributed by atoms with Gasteiger partial charge in [0.15, 0.2) is 0 Å². The minimum Gasteiger partial charge on any atom is -0.495 e. The monoisotopic (exact) mass is 371 g/mol. The Morgan fingerprint density at radius 1 is 1.00 bits per heavy atom. The van der Waals surface area contributed by atoms with Crippen LogP contribution >= 0.6 is 0 Å². The first-order chi connectivity index (χ1) is 12.6. The molecule has 1 fully saturated rings. The fourth-order valence-electron chi connectivity index (χ4n) is 3.45. The molecule has 0 aliphatic carbocycles. The van der Waals surface area contributed by atoms with Gasteiger partial charge in [-0.05, 0) is 30.3 Å². The van der Waals surface area contributed by atoms with Crippen LogP contribution in [0.15, 0.2) is 59.6 Å². The molecule has 1 aliphatic rings. The molecule has 3 aromatic rings. The topological polar surface area (TPSA) is 63.6 Å². The molecule has 2 heterocycles. The highest BCUT2D eigenvalue weighted by molar-refractivity contribution is 7.90. The molecule has 0 atom stereocenters. The maximum Gasteiger partial charge on any atom is 0.268 e. The highest BCUT2D eigenvalue weighted by Gasteiger charge is 2.23. The summed E-state index contributed by atoms with van der Waals surface area (Å²) in [6, 6.07) is 14.0. The van der Waals surface area contributed by atoms with Crippen molar-refractivity contribution in [1.82, 2.24) is 9.29 Å². The zero-order chi connectivity index (χ0) is 18.1. The van der Waals surface area contributed by atoms with Crippen molar-refractivity contribution in [3.05, 3.63) is 54.7 Å². The first-order valence-electron chi connectivity index (χ1n) is 8.57. The van der Waals surface area contributed by atoms with Crippen molar-refractivity contribution >= 4 is 26.6 Å². The molecule has 136 valence electrons. The van der Waals surface area contributed by atoms with E-state index in [1.165, 1.54) is 3.97 Å². The van der Waals surface area contributed by atoms with Crippen molar-refractivity contribution in [3.8, 4) is 5.75 Å². The SMILES string of the molecule is COc1ccc2c(ccn2S(=O)(=O)c2ccccc2)c1N1CCNCC1. The minimum absolute atomic E-state index is 0.275. The van der Waals surface area contributed by atoms with Crippen LogP contribution in [0.2, 0.25) is 0 Å². The van der Waals surface area contributed by atoms with Gasteiger partial charge in [-0.1, -0.05) is 18.2 Å². The summed E-state index contributed by atoms with van der Waals surface area (Å²) in [4.78, 5) is 2.52. The van der Waals surface area contributed by atoms with Crippen molar-refractivity contribution in [2.24, 2.45) is 0 Å². The predicted octanol–water partition coefficient (Wildman–Crippen LogP) is 2.30. The van der Waals surface area contributed by atoms with E-state index in [0.29, 0.717) is 5.52 Å². The number of ether oxygens (including phenoxy) is 1. The highest BCUT2D eigenvalue weighted by atomic mass is 32.2. The van der Waals surface area contributed by atoms with Crippen LogP contribution in [0, 0.1) is 0 Å². The molecule has 1 N–H and O–H groups in total. The molecule has 2 aromatic carbocycles. The number of anilines is 1. The predicted molar refractivity (Wildman–Crippen MR) is 103 cm³/mol. The summed E-state index contributed by atoms with van der Waals surface area (Å²) in [5.41, 5.74) is 1.61. The molecule has 1 aliphatic heterocycles. The Morgan fingerprint density at radius 2 is 1.73 bits per heavy atom. The van der Waals surface area contributed by atoms with Crippen LogP contribution < -0.4 is 15.0 Å². The van der Waals surface area contributed by atoms with Gasteiger partial charge >= 0.3 is 0 Å². The van der Waals surface area contributed by atoms with Crippen LogP contribution in [0.1, 0.15) is 0 Å². The largest absolute Gasteiger partial charge is 0.495 e. The van der Waals surface area contributed by atoms with E-state index in [1.807, 2.05) is 12.1 Å². The van der Waals surface area contributed by atoms with E-state index in [0.717, 1.165) is 43.0 Å². The Bertz CT molecular complexity index is 1020. The van der Waals surface area contributed by atoms with E-state index in [4.69, 9.17) is 4.74 Å². The van der Waals surface area contributed by atoms with Gasteiger partial charge in [0.25, 0.3) is 10.0 Å². The number of fused-ring (bicyclic) bond motifs is 1. The van der Waals surface area contributed by atoms with E-state index in [2.05, 4.69) is 10.2 Å². The summed E-state index contributed by atoms with van der Waals surface area (Å²) in [7, 11) is -2.00. The van der Waals surface area contributed by atoms with Gasteiger partial charge in [0.2, 0.25) is 0 Å². The quantitative estimate of drug-likeness (QED) is 0.762. The molecule has 0 radical (unpaired) electrons. The number of hydrogen-bond acceptors (Lipinski definition) is 5. The van der Waals surface area contributed by atoms with Gasteiger partial charge < -0.3 is 15.0 Å². The van der Waals surface area contributed by atoms with Crippen LogP contribution in [0.4, 0.5) is 5.69 Å². The number of benzene rings is 2. The fourth-order valence-corrected chi connectivity index (χ4v) is 4.82. The van der Waals surface area contributed by atoms with Crippen molar-refractivity contribution in [2.75, 3.05) is 38.2 Å². The number of rotatable bonds is 4. The van der Waals surface area contributed by atoms with Crippen LogP contribution in [-0.4, -0.2) is 45.7 Å². The molecule has 0 saturated carbocycles. The average Bonchev–Trinajstić information content (AvgIpc) is 3.13. The summed E-state index contributed by atoms with van der Waals surface area (Å²) in [6.07, 6.45) is 1.62. The summed E-state index contributed by atoms with van der Waals surface area (Å²) >= 11 is 0. The van der Waals surface area contributed by atoms with Gasteiger partial charge in [-0.2, -0.15) is 0 Å². The average molecular weight is 371 g/mol. The maximum atomic E-state index is 13.1. The van der Waals surface area contributed by atoms with Crippen LogP contribution in [-0.2, 0) is 10.0 Å². The Hall–Kier alpha value is -2.51. The Kier molecular flexibility index (Phi) is 4.34. The summed E-state index contributed by atoms with van der Waals surface area (Å²) in [6.45, 7) is 3.49. The van der Waals surface area contributed by atoms with E-state index in [9.17, 15) is 8.42 Å². The van der Waals surface area contributed by atoms with E-state index < -0.39 is 10.0 Å². The van der Waals surface area contributed by atoms with Gasteiger partial charge in [0.1, 0.15) is 5.75 Å². The lowest BCUT2D eigenvalue weighted by Gasteiger charge is -2.31. The first kappa shape index (κ1) is 16.9. The van der Waals surface area contributed by atoms with E-state index in [1.54, 1.807) is 49.7 Å². The smallest absolute Gasteiger partial charge is 0.268 e. The Balaban J connectivity index is 1.90. The number of methoxy groups -OCH3 is 1. The lowest BCUT2D eigenvalue weighted by molar-refractivity contribution is 0.413. The molecule has 0 spiro atoms. The molecule has 0 unspecified atom stereocenters. The van der Waals surface area contributed by atoms with Gasteiger partial charge in [-0.15, -0.1) is 0 Å². The van der Waals surface area contributed by atoms with E-state index >= 15 is 0 Å². The number of piperazine rings is 1. The lowest BCUT2D eigenvalue weighted by atomic mass is 10.1. The molecule has 6 nitrogen and oxygen atoms in total. The molecule has 4 rings (SSSR count). The molecule has 7 heteroatoms. The molecule has 26 heavy (non-hydrogen) atoms. The van der Waals surface area contributed by atoms with Crippen molar-refractivity contribution in [2.45, 2.75) is 4.90 Å². The molecular weight excluding hydrogens is 350 g/mol. The fraction of sp³-hybridized carbons (Fsp3) is 0.263.